The highest BCUT2D eigenvalue weighted by atomic mass is 16.5. The summed E-state index contributed by atoms with van der Waals surface area (Å²) in [5.74, 6) is -0.569. The van der Waals surface area contributed by atoms with Gasteiger partial charge in [-0.15, -0.1) is 0 Å². The lowest BCUT2D eigenvalue weighted by atomic mass is 9.90. The molecule has 0 atom stereocenters. The maximum Gasteiger partial charge on any atom is 0.228 e. The first kappa shape index (κ1) is 37.9. The highest BCUT2D eigenvalue weighted by Crippen LogP contribution is 2.28. The van der Waals surface area contributed by atoms with Gasteiger partial charge in [-0.25, -0.2) is 0 Å². The van der Waals surface area contributed by atoms with Crippen molar-refractivity contribution in [2.75, 3.05) is 14.2 Å². The average molecular weight is 591 g/mol. The molecular weight excluding hydrogens is 532 g/mol. The predicted octanol–water partition coefficient (Wildman–Crippen LogP) is 10.9. The first-order chi connectivity index (χ1) is 20.4. The number of rotatable bonds is 19. The van der Waals surface area contributed by atoms with E-state index in [0.29, 0.717) is 17.6 Å². The molecule has 0 aromatic rings. The molecule has 0 saturated carbocycles. The Morgan fingerprint density at radius 3 is 1.19 bits per heavy atom. The highest BCUT2D eigenvalue weighted by Gasteiger charge is 2.34. The highest BCUT2D eigenvalue weighted by molar-refractivity contribution is 6.23. The summed E-state index contributed by atoms with van der Waals surface area (Å²) in [5.41, 5.74) is 9.39. The Labute approximate surface area is 263 Å². The first-order valence-electron chi connectivity index (χ1n) is 15.9. The van der Waals surface area contributed by atoms with Crippen LogP contribution in [0.15, 0.2) is 92.6 Å². The van der Waals surface area contributed by atoms with Gasteiger partial charge in [-0.3, -0.25) is 9.59 Å². The van der Waals surface area contributed by atoms with Crippen molar-refractivity contribution in [3.8, 4) is 0 Å². The molecule has 0 heterocycles. The van der Waals surface area contributed by atoms with E-state index in [1.54, 1.807) is 6.92 Å². The Morgan fingerprint density at radius 2 is 0.837 bits per heavy atom. The molecule has 4 nitrogen and oxygen atoms in total. The van der Waals surface area contributed by atoms with E-state index >= 15 is 0 Å². The molecule has 0 unspecified atom stereocenters. The average Bonchev–Trinajstić information content (AvgIpc) is 2.94. The van der Waals surface area contributed by atoms with E-state index in [0.717, 1.165) is 57.8 Å². The SMILES string of the molecule is COC1=C(OC)C(=O)C(C/C=C(\C)CC/C=C(\C)CC/C=C(\C)CC/C=C(\C)CC/C=C(\C)CCC=C(C)C)=C(C)C1=O. The molecule has 0 saturated heterocycles. The Hall–Kier alpha value is -3.14. The second-order valence-electron chi connectivity index (χ2n) is 12.3. The second-order valence-corrected chi connectivity index (χ2v) is 12.3. The lowest BCUT2D eigenvalue weighted by Crippen LogP contribution is -2.24. The maximum atomic E-state index is 12.8. The molecule has 1 aliphatic rings. The summed E-state index contributed by atoms with van der Waals surface area (Å²) in [7, 11) is 2.77. The molecule has 0 aliphatic heterocycles. The third-order valence-electron chi connectivity index (χ3n) is 7.97. The lowest BCUT2D eigenvalue weighted by molar-refractivity contribution is -0.121. The minimum atomic E-state index is -0.283. The van der Waals surface area contributed by atoms with Gasteiger partial charge in [-0.1, -0.05) is 69.9 Å². The molecule has 0 fully saturated rings. The molecular formula is C39H58O4. The van der Waals surface area contributed by atoms with Crippen molar-refractivity contribution in [1.29, 1.82) is 0 Å². The van der Waals surface area contributed by atoms with Crippen molar-refractivity contribution in [3.05, 3.63) is 92.6 Å². The molecule has 4 heteroatoms. The number of hydrogen-bond acceptors (Lipinski definition) is 4. The van der Waals surface area contributed by atoms with Gasteiger partial charge >= 0.3 is 0 Å². The molecule has 1 aliphatic carbocycles. The van der Waals surface area contributed by atoms with E-state index in [1.165, 1.54) is 54.1 Å². The minimum absolute atomic E-state index is 0.00604. The van der Waals surface area contributed by atoms with Gasteiger partial charge in [0.2, 0.25) is 23.1 Å². The van der Waals surface area contributed by atoms with E-state index < -0.39 is 0 Å². The van der Waals surface area contributed by atoms with Crippen LogP contribution in [0.5, 0.6) is 0 Å². The zero-order valence-corrected chi connectivity index (χ0v) is 28.9. The molecule has 43 heavy (non-hydrogen) atoms. The third kappa shape index (κ3) is 14.7. The summed E-state index contributed by atoms with van der Waals surface area (Å²) in [5, 5.41) is 0. The second kappa shape index (κ2) is 20.7. The fourth-order valence-corrected chi connectivity index (χ4v) is 5.00. The Kier molecular flexibility index (Phi) is 18.2. The van der Waals surface area contributed by atoms with Gasteiger partial charge in [0, 0.05) is 11.1 Å². The van der Waals surface area contributed by atoms with Crippen LogP contribution in [0.2, 0.25) is 0 Å². The van der Waals surface area contributed by atoms with Crippen molar-refractivity contribution in [2.45, 2.75) is 126 Å². The monoisotopic (exact) mass is 590 g/mol. The number of ketones is 2. The van der Waals surface area contributed by atoms with Crippen molar-refractivity contribution in [2.24, 2.45) is 0 Å². The standard InChI is InChI=1S/C39H58O4/c1-28(2)16-11-17-29(3)18-12-19-30(4)20-13-21-31(5)22-14-23-32(6)24-15-25-33(7)26-27-35-34(8)36(40)38(42-9)39(43-10)37(35)41/h16,18,20,22,24,26H,11-15,17,19,21,23,25,27H2,1-10H3/b29-18+,30-20+,31-22+,32-24+,33-26+. The molecule has 0 amide bonds. The van der Waals surface area contributed by atoms with Gasteiger partial charge in [0.15, 0.2) is 0 Å². The fraction of sp³-hybridized carbons (Fsp3) is 0.538. The molecule has 0 bridgehead atoms. The molecule has 1 rings (SSSR count). The Morgan fingerprint density at radius 1 is 0.512 bits per heavy atom. The first-order valence-corrected chi connectivity index (χ1v) is 15.9. The smallest absolute Gasteiger partial charge is 0.228 e. The number of ether oxygens (including phenoxy) is 2. The number of carbonyl (C=O) groups excluding carboxylic acids is 2. The number of carbonyl (C=O) groups is 2. The van der Waals surface area contributed by atoms with Gasteiger partial charge in [-0.05, 0) is 126 Å². The van der Waals surface area contributed by atoms with Crippen LogP contribution < -0.4 is 0 Å². The number of hydrogen-bond donors (Lipinski definition) is 0. The van der Waals surface area contributed by atoms with Crippen molar-refractivity contribution in [3.63, 3.8) is 0 Å². The van der Waals surface area contributed by atoms with E-state index in [4.69, 9.17) is 9.47 Å². The van der Waals surface area contributed by atoms with Crippen LogP contribution in [0.25, 0.3) is 0 Å². The molecule has 0 aromatic heterocycles. The zero-order chi connectivity index (χ0) is 32.4. The minimum Gasteiger partial charge on any atom is -0.489 e. The maximum absolute atomic E-state index is 12.8. The van der Waals surface area contributed by atoms with E-state index in [1.807, 2.05) is 6.08 Å². The quantitative estimate of drug-likeness (QED) is 0.111. The summed E-state index contributed by atoms with van der Waals surface area (Å²) in [6.07, 6.45) is 25.2. The topological polar surface area (TPSA) is 52.6 Å². The van der Waals surface area contributed by atoms with Crippen LogP contribution in [-0.4, -0.2) is 25.8 Å². The van der Waals surface area contributed by atoms with Gasteiger partial charge in [-0.2, -0.15) is 0 Å². The van der Waals surface area contributed by atoms with Crippen LogP contribution >= 0.6 is 0 Å². The largest absolute Gasteiger partial charge is 0.489 e. The summed E-state index contributed by atoms with van der Waals surface area (Å²) in [6.45, 7) is 17.1. The zero-order valence-electron chi connectivity index (χ0n) is 28.9. The normalized spacial score (nSPS) is 15.9. The van der Waals surface area contributed by atoms with Crippen LogP contribution in [0.1, 0.15) is 126 Å². The molecule has 0 N–H and O–H groups in total. The number of Topliss-reactive ketones (excluding diaryl/α,β-unsaturated/α-hetero) is 2. The molecule has 0 spiro atoms. The van der Waals surface area contributed by atoms with Crippen LogP contribution in [0, 0.1) is 0 Å². The molecule has 0 aromatic carbocycles. The van der Waals surface area contributed by atoms with Gasteiger partial charge in [0.25, 0.3) is 0 Å². The third-order valence-corrected chi connectivity index (χ3v) is 7.97. The Balaban J connectivity index is 2.41. The number of allylic oxidation sites excluding steroid dienone is 14. The summed E-state index contributed by atoms with van der Waals surface area (Å²) < 4.78 is 10.3. The van der Waals surface area contributed by atoms with Crippen molar-refractivity contribution in [1.82, 2.24) is 0 Å². The molecule has 0 radical (unpaired) electrons. The van der Waals surface area contributed by atoms with Gasteiger partial charge in [0.1, 0.15) is 0 Å². The van der Waals surface area contributed by atoms with Crippen molar-refractivity contribution < 1.29 is 19.1 Å². The summed E-state index contributed by atoms with van der Waals surface area (Å²) in [4.78, 5) is 25.4. The predicted molar refractivity (Wildman–Crippen MR) is 183 cm³/mol. The van der Waals surface area contributed by atoms with Crippen LogP contribution in [0.3, 0.4) is 0 Å². The van der Waals surface area contributed by atoms with Gasteiger partial charge in [0.05, 0.1) is 14.2 Å². The van der Waals surface area contributed by atoms with Crippen LogP contribution in [0.4, 0.5) is 0 Å². The van der Waals surface area contributed by atoms with Gasteiger partial charge < -0.3 is 9.47 Å². The van der Waals surface area contributed by atoms with E-state index in [2.05, 4.69) is 78.8 Å². The lowest BCUT2D eigenvalue weighted by Gasteiger charge is -2.19. The summed E-state index contributed by atoms with van der Waals surface area (Å²) >= 11 is 0. The van der Waals surface area contributed by atoms with Crippen molar-refractivity contribution >= 4 is 11.6 Å². The van der Waals surface area contributed by atoms with E-state index in [9.17, 15) is 9.59 Å². The summed E-state index contributed by atoms with van der Waals surface area (Å²) in [6, 6.07) is 0. The number of methoxy groups -OCH3 is 2. The Bertz CT molecular complexity index is 1200. The van der Waals surface area contributed by atoms with Crippen LogP contribution in [-0.2, 0) is 19.1 Å². The molecule has 238 valence electrons. The van der Waals surface area contributed by atoms with E-state index in [-0.39, 0.29) is 23.1 Å². The fourth-order valence-electron chi connectivity index (χ4n) is 5.00.